The Kier molecular flexibility index (Phi) is 4.72. The summed E-state index contributed by atoms with van der Waals surface area (Å²) < 4.78 is 50.0. The van der Waals surface area contributed by atoms with Gasteiger partial charge in [-0.3, -0.25) is 4.79 Å². The summed E-state index contributed by atoms with van der Waals surface area (Å²) in [6.07, 6.45) is -5.06. The van der Waals surface area contributed by atoms with Crippen molar-refractivity contribution in [1.29, 1.82) is 0 Å². The van der Waals surface area contributed by atoms with Gasteiger partial charge in [-0.15, -0.1) is 0 Å². The van der Waals surface area contributed by atoms with Gasteiger partial charge in [-0.2, -0.15) is 13.2 Å². The average Bonchev–Trinajstić information content (AvgIpc) is 2.51. The van der Waals surface area contributed by atoms with Crippen LogP contribution in [-0.4, -0.2) is 5.11 Å². The summed E-state index contributed by atoms with van der Waals surface area (Å²) >= 11 is 17.5. The zero-order chi connectivity index (χ0) is 19.2. The van der Waals surface area contributed by atoms with E-state index in [2.05, 4.69) is 0 Å². The minimum absolute atomic E-state index is 0.129. The lowest BCUT2D eigenvalue weighted by Crippen LogP contribution is -2.15. The Morgan fingerprint density at radius 2 is 1.62 bits per heavy atom. The number of hydrogen-bond donors (Lipinski definition) is 1. The van der Waals surface area contributed by atoms with Crippen LogP contribution in [0.4, 0.5) is 13.2 Å². The fourth-order valence-electron chi connectivity index (χ4n) is 2.17. The van der Waals surface area contributed by atoms with Crippen molar-refractivity contribution in [3.8, 4) is 17.2 Å². The Balaban J connectivity index is 2.30. The molecule has 10 heteroatoms. The number of phenolic OH excluding ortho intramolecular Hbond substituents is 1. The molecule has 0 saturated carbocycles. The molecule has 136 valence electrons. The molecule has 0 aliphatic rings. The second-order valence-corrected chi connectivity index (χ2v) is 6.32. The minimum Gasteiger partial charge on any atom is -0.508 e. The number of rotatable bonds is 2. The molecule has 1 aromatic heterocycles. The van der Waals surface area contributed by atoms with E-state index in [1.807, 2.05) is 0 Å². The zero-order valence-corrected chi connectivity index (χ0v) is 14.6. The van der Waals surface area contributed by atoms with E-state index in [-0.39, 0.29) is 32.0 Å². The molecular formula is C16H6Cl3F3O4. The first-order valence-corrected chi connectivity index (χ1v) is 7.90. The van der Waals surface area contributed by atoms with Crippen LogP contribution in [0.1, 0.15) is 5.76 Å². The van der Waals surface area contributed by atoms with E-state index >= 15 is 0 Å². The molecule has 4 nitrogen and oxygen atoms in total. The summed E-state index contributed by atoms with van der Waals surface area (Å²) in [7, 11) is 0. The molecule has 1 N–H and O–H groups in total. The predicted molar refractivity (Wildman–Crippen MR) is 90.7 cm³/mol. The van der Waals surface area contributed by atoms with Gasteiger partial charge >= 0.3 is 6.18 Å². The van der Waals surface area contributed by atoms with Crippen LogP contribution in [0.2, 0.25) is 15.1 Å². The van der Waals surface area contributed by atoms with Gasteiger partial charge in [0, 0.05) is 11.1 Å². The Hall–Kier alpha value is -2.09. The van der Waals surface area contributed by atoms with E-state index in [0.29, 0.717) is 0 Å². The summed E-state index contributed by atoms with van der Waals surface area (Å²) in [6.45, 7) is 0. The largest absolute Gasteiger partial charge is 0.508 e. The Labute approximate surface area is 158 Å². The SMILES string of the molecule is O=c1c(Oc2c(Cl)cc(Cl)cc2Cl)c(C(F)(F)F)oc2cc(O)ccc12. The van der Waals surface area contributed by atoms with E-state index in [1.165, 1.54) is 12.1 Å². The summed E-state index contributed by atoms with van der Waals surface area (Å²) in [5, 5.41) is 8.91. The number of benzene rings is 2. The van der Waals surface area contributed by atoms with Gasteiger partial charge in [0.25, 0.3) is 5.76 Å². The van der Waals surface area contributed by atoms with Crippen molar-refractivity contribution in [2.24, 2.45) is 0 Å². The minimum atomic E-state index is -5.06. The number of fused-ring (bicyclic) bond motifs is 1. The fourth-order valence-corrected chi connectivity index (χ4v) is 3.07. The van der Waals surface area contributed by atoms with Crippen LogP contribution in [0.25, 0.3) is 11.0 Å². The van der Waals surface area contributed by atoms with Gasteiger partial charge in [0.15, 0.2) is 5.75 Å². The quantitative estimate of drug-likeness (QED) is 0.526. The lowest BCUT2D eigenvalue weighted by Gasteiger charge is -2.15. The second kappa shape index (κ2) is 6.57. The molecular weight excluding hydrogens is 420 g/mol. The van der Waals surface area contributed by atoms with Crippen LogP contribution in [0.3, 0.4) is 0 Å². The van der Waals surface area contributed by atoms with Gasteiger partial charge in [-0.25, -0.2) is 0 Å². The molecule has 0 aliphatic heterocycles. The smallest absolute Gasteiger partial charge is 0.453 e. The molecule has 0 amide bonds. The molecule has 0 radical (unpaired) electrons. The molecule has 3 aromatic rings. The van der Waals surface area contributed by atoms with Crippen molar-refractivity contribution in [3.05, 3.63) is 61.4 Å². The molecule has 0 spiro atoms. The summed E-state index contributed by atoms with van der Waals surface area (Å²) in [6, 6.07) is 5.50. The van der Waals surface area contributed by atoms with E-state index in [0.717, 1.165) is 18.2 Å². The van der Waals surface area contributed by atoms with Crippen molar-refractivity contribution in [1.82, 2.24) is 0 Å². The number of ether oxygens (including phenoxy) is 1. The van der Waals surface area contributed by atoms with Crippen LogP contribution >= 0.6 is 34.8 Å². The van der Waals surface area contributed by atoms with Crippen LogP contribution in [0, 0.1) is 0 Å². The first-order chi connectivity index (χ1) is 12.1. The van der Waals surface area contributed by atoms with Crippen molar-refractivity contribution in [2.75, 3.05) is 0 Å². The summed E-state index contributed by atoms with van der Waals surface area (Å²) in [4.78, 5) is 12.5. The van der Waals surface area contributed by atoms with Crippen LogP contribution in [0.5, 0.6) is 17.2 Å². The monoisotopic (exact) mass is 424 g/mol. The van der Waals surface area contributed by atoms with Gasteiger partial charge in [0.1, 0.15) is 11.3 Å². The second-order valence-electron chi connectivity index (χ2n) is 5.07. The highest BCUT2D eigenvalue weighted by atomic mass is 35.5. The number of halogens is 6. The van der Waals surface area contributed by atoms with Crippen molar-refractivity contribution >= 4 is 45.8 Å². The first-order valence-electron chi connectivity index (χ1n) is 6.77. The zero-order valence-electron chi connectivity index (χ0n) is 12.3. The van der Waals surface area contributed by atoms with Crippen molar-refractivity contribution in [3.63, 3.8) is 0 Å². The lowest BCUT2D eigenvalue weighted by atomic mass is 10.2. The summed E-state index contributed by atoms with van der Waals surface area (Å²) in [5.74, 6) is -3.58. The predicted octanol–water partition coefficient (Wildman–Crippen LogP) is 6.27. The maximum atomic E-state index is 13.4. The third-order valence-corrected chi connectivity index (χ3v) is 4.04. The highest BCUT2D eigenvalue weighted by Crippen LogP contribution is 2.42. The van der Waals surface area contributed by atoms with Gasteiger partial charge in [-0.05, 0) is 24.3 Å². The van der Waals surface area contributed by atoms with Crippen LogP contribution in [-0.2, 0) is 6.18 Å². The number of hydrogen-bond acceptors (Lipinski definition) is 4. The Bertz CT molecular complexity index is 1050. The lowest BCUT2D eigenvalue weighted by molar-refractivity contribution is -0.154. The molecule has 0 unspecified atom stereocenters. The van der Waals surface area contributed by atoms with Gasteiger partial charge in [0.05, 0.1) is 15.4 Å². The molecule has 0 aliphatic carbocycles. The standard InChI is InChI=1S/C16H6Cl3F3O4/c17-6-3-9(18)13(10(19)4-6)26-14-12(24)8-2-1-7(23)5-11(8)25-15(14)16(20,21)22/h1-5,23H. The first kappa shape index (κ1) is 18.7. The van der Waals surface area contributed by atoms with E-state index in [9.17, 15) is 23.1 Å². The highest BCUT2D eigenvalue weighted by molar-refractivity contribution is 6.40. The van der Waals surface area contributed by atoms with E-state index in [1.54, 1.807) is 0 Å². The molecule has 0 fully saturated rings. The molecule has 26 heavy (non-hydrogen) atoms. The number of alkyl halides is 3. The van der Waals surface area contributed by atoms with Gasteiger partial charge in [0.2, 0.25) is 11.2 Å². The third-order valence-electron chi connectivity index (χ3n) is 3.26. The van der Waals surface area contributed by atoms with Gasteiger partial charge < -0.3 is 14.3 Å². The number of phenols is 1. The van der Waals surface area contributed by atoms with Crippen LogP contribution < -0.4 is 10.2 Å². The Morgan fingerprint density at radius 3 is 2.19 bits per heavy atom. The normalized spacial score (nSPS) is 11.8. The molecule has 3 rings (SSSR count). The average molecular weight is 426 g/mol. The fraction of sp³-hybridized carbons (Fsp3) is 0.0625. The number of aromatic hydroxyl groups is 1. The highest BCUT2D eigenvalue weighted by Gasteiger charge is 2.41. The molecule has 0 saturated heterocycles. The topological polar surface area (TPSA) is 59.7 Å². The van der Waals surface area contributed by atoms with Crippen molar-refractivity contribution < 1.29 is 27.4 Å². The maximum absolute atomic E-state index is 13.4. The Morgan fingerprint density at radius 1 is 1.00 bits per heavy atom. The molecule has 0 bridgehead atoms. The van der Waals surface area contributed by atoms with Crippen LogP contribution in [0.15, 0.2) is 39.5 Å². The maximum Gasteiger partial charge on any atom is 0.453 e. The molecule has 1 heterocycles. The molecule has 2 aromatic carbocycles. The van der Waals surface area contributed by atoms with Gasteiger partial charge in [-0.1, -0.05) is 34.8 Å². The molecule has 0 atom stereocenters. The summed E-state index contributed by atoms with van der Waals surface area (Å²) in [5.41, 5.74) is -1.57. The van der Waals surface area contributed by atoms with E-state index in [4.69, 9.17) is 44.0 Å². The third kappa shape index (κ3) is 3.42. The van der Waals surface area contributed by atoms with Crippen molar-refractivity contribution in [2.45, 2.75) is 6.18 Å². The van der Waals surface area contributed by atoms with E-state index < -0.39 is 28.7 Å².